The number of hydrogen-bond acceptors (Lipinski definition) is 4. The van der Waals surface area contributed by atoms with Gasteiger partial charge in [0.25, 0.3) is 0 Å². The van der Waals surface area contributed by atoms with Crippen molar-refractivity contribution in [3.8, 4) is 0 Å². The van der Waals surface area contributed by atoms with Crippen LogP contribution in [0.3, 0.4) is 0 Å². The predicted molar refractivity (Wildman–Crippen MR) is 75.0 cm³/mol. The fourth-order valence-electron chi connectivity index (χ4n) is 2.56. The Kier molecular flexibility index (Phi) is 3.72. The Morgan fingerprint density at radius 2 is 2.05 bits per heavy atom. The lowest BCUT2D eigenvalue weighted by molar-refractivity contribution is -0.143. The number of rotatable bonds is 3. The molecule has 0 radical (unpaired) electrons. The molecule has 2 amide bonds. The highest BCUT2D eigenvalue weighted by Gasteiger charge is 2.28. The number of anilines is 1. The van der Waals surface area contributed by atoms with Gasteiger partial charge < -0.3 is 10.0 Å². The molecule has 3 rings (SSSR count). The molecule has 2 fully saturated rings. The molecule has 1 aromatic heterocycles. The van der Waals surface area contributed by atoms with Crippen LogP contribution in [0.2, 0.25) is 0 Å². The van der Waals surface area contributed by atoms with E-state index in [1.165, 1.54) is 4.90 Å². The first kappa shape index (κ1) is 13.8. The Balaban J connectivity index is 1.58. The molecule has 1 unspecified atom stereocenters. The van der Waals surface area contributed by atoms with Crippen LogP contribution in [0.5, 0.6) is 0 Å². The maximum absolute atomic E-state index is 12.1. The molecular formula is C14H18N4O3. The fraction of sp³-hybridized carbons (Fsp3) is 0.571. The maximum atomic E-state index is 12.1. The van der Waals surface area contributed by atoms with Gasteiger partial charge in [0, 0.05) is 19.0 Å². The molecule has 2 aliphatic rings. The summed E-state index contributed by atoms with van der Waals surface area (Å²) in [5.74, 6) is -0.392. The lowest BCUT2D eigenvalue weighted by atomic mass is 9.99. The first-order valence-corrected chi connectivity index (χ1v) is 7.26. The minimum Gasteiger partial charge on any atom is -0.481 e. The molecule has 1 saturated heterocycles. The van der Waals surface area contributed by atoms with Crippen molar-refractivity contribution >= 4 is 17.8 Å². The van der Waals surface area contributed by atoms with Crippen molar-refractivity contribution in [2.75, 3.05) is 18.4 Å². The second-order valence-electron chi connectivity index (χ2n) is 5.67. The molecule has 0 bridgehead atoms. The summed E-state index contributed by atoms with van der Waals surface area (Å²) in [5.41, 5.74) is 0.969. The molecular weight excluding hydrogens is 272 g/mol. The molecule has 2 heterocycles. The molecule has 0 spiro atoms. The number of aliphatic carboxylic acids is 1. The van der Waals surface area contributed by atoms with Gasteiger partial charge in [-0.2, -0.15) is 5.10 Å². The zero-order valence-electron chi connectivity index (χ0n) is 11.7. The van der Waals surface area contributed by atoms with Crippen LogP contribution in [-0.2, 0) is 4.79 Å². The van der Waals surface area contributed by atoms with Crippen molar-refractivity contribution in [2.45, 2.75) is 31.6 Å². The van der Waals surface area contributed by atoms with Gasteiger partial charge in [-0.3, -0.25) is 10.1 Å². The summed E-state index contributed by atoms with van der Waals surface area (Å²) in [6, 6.07) is 3.32. The first-order chi connectivity index (χ1) is 10.1. The molecule has 1 aliphatic carbocycles. The number of hydrogen-bond donors (Lipinski definition) is 2. The van der Waals surface area contributed by atoms with Crippen molar-refractivity contribution in [3.05, 3.63) is 17.8 Å². The third-order valence-corrected chi connectivity index (χ3v) is 3.97. The zero-order chi connectivity index (χ0) is 14.8. The minimum absolute atomic E-state index is 0.245. The molecule has 1 saturated carbocycles. The van der Waals surface area contributed by atoms with Gasteiger partial charge in [-0.25, -0.2) is 4.79 Å². The highest BCUT2D eigenvalue weighted by atomic mass is 16.4. The van der Waals surface area contributed by atoms with Gasteiger partial charge in [-0.05, 0) is 37.8 Å². The molecule has 1 aliphatic heterocycles. The van der Waals surface area contributed by atoms with E-state index in [1.54, 1.807) is 6.07 Å². The summed E-state index contributed by atoms with van der Waals surface area (Å²) in [7, 11) is 0. The number of carboxylic acids is 1. The van der Waals surface area contributed by atoms with E-state index in [1.807, 2.05) is 6.07 Å². The molecule has 1 atom stereocenters. The molecule has 0 aromatic carbocycles. The highest BCUT2D eigenvalue weighted by molar-refractivity contribution is 5.88. The number of carbonyl (C=O) groups is 2. The van der Waals surface area contributed by atoms with E-state index >= 15 is 0 Å². The number of nitrogens with zero attached hydrogens (tertiary/aromatic N) is 3. The summed E-state index contributed by atoms with van der Waals surface area (Å²) < 4.78 is 0. The van der Waals surface area contributed by atoms with E-state index in [0.717, 1.165) is 18.5 Å². The lowest BCUT2D eigenvalue weighted by Crippen LogP contribution is -2.44. The average molecular weight is 290 g/mol. The number of likely N-dealkylation sites (tertiary alicyclic amines) is 1. The summed E-state index contributed by atoms with van der Waals surface area (Å²) in [6.07, 6.45) is 3.64. The van der Waals surface area contributed by atoms with Crippen molar-refractivity contribution in [2.24, 2.45) is 5.92 Å². The summed E-state index contributed by atoms with van der Waals surface area (Å²) >= 11 is 0. The Labute approximate surface area is 122 Å². The molecule has 2 N–H and O–H groups in total. The number of nitrogens with one attached hydrogen (secondary N) is 1. The van der Waals surface area contributed by atoms with Crippen molar-refractivity contribution < 1.29 is 14.7 Å². The quantitative estimate of drug-likeness (QED) is 0.883. The Bertz CT molecular complexity index is 542. The molecule has 1 aromatic rings. The van der Waals surface area contributed by atoms with E-state index in [0.29, 0.717) is 31.1 Å². The number of carboxylic acid groups (broad SMARTS) is 1. The second kappa shape index (κ2) is 5.67. The standard InChI is InChI=1S/C14H18N4O3/c19-13(20)10-2-1-7-18(8-10)14(21)15-12-6-5-11(16-17-12)9-3-4-9/h5-6,9-10H,1-4,7-8H2,(H,19,20)(H,15,17,21). The minimum atomic E-state index is -0.846. The van der Waals surface area contributed by atoms with E-state index in [-0.39, 0.29) is 12.6 Å². The Morgan fingerprint density at radius 3 is 2.67 bits per heavy atom. The largest absolute Gasteiger partial charge is 0.481 e. The van der Waals surface area contributed by atoms with Gasteiger partial charge in [-0.15, -0.1) is 5.10 Å². The van der Waals surface area contributed by atoms with E-state index < -0.39 is 11.9 Å². The molecule has 21 heavy (non-hydrogen) atoms. The smallest absolute Gasteiger partial charge is 0.323 e. The van der Waals surface area contributed by atoms with Crippen LogP contribution in [0.25, 0.3) is 0 Å². The predicted octanol–water partition coefficient (Wildman–Crippen LogP) is 1.68. The SMILES string of the molecule is O=C(O)C1CCCN(C(=O)Nc2ccc(C3CC3)nn2)C1. The third-order valence-electron chi connectivity index (χ3n) is 3.97. The topological polar surface area (TPSA) is 95.4 Å². The molecule has 7 nitrogen and oxygen atoms in total. The highest BCUT2D eigenvalue weighted by Crippen LogP contribution is 2.38. The van der Waals surface area contributed by atoms with Crippen LogP contribution in [0, 0.1) is 5.92 Å². The van der Waals surface area contributed by atoms with E-state index in [2.05, 4.69) is 15.5 Å². The number of piperidine rings is 1. The summed E-state index contributed by atoms with van der Waals surface area (Å²) in [5, 5.41) is 19.8. The Morgan fingerprint density at radius 1 is 1.24 bits per heavy atom. The number of aromatic nitrogens is 2. The second-order valence-corrected chi connectivity index (χ2v) is 5.67. The van der Waals surface area contributed by atoms with Crippen LogP contribution < -0.4 is 5.32 Å². The normalized spacial score (nSPS) is 21.9. The van der Waals surface area contributed by atoms with E-state index in [4.69, 9.17) is 5.11 Å². The molecule has 112 valence electrons. The van der Waals surface area contributed by atoms with Crippen LogP contribution in [0.4, 0.5) is 10.6 Å². The summed E-state index contributed by atoms with van der Waals surface area (Å²) in [4.78, 5) is 24.7. The van der Waals surface area contributed by atoms with Gasteiger partial charge in [0.05, 0.1) is 11.6 Å². The van der Waals surface area contributed by atoms with Gasteiger partial charge >= 0.3 is 12.0 Å². The van der Waals surface area contributed by atoms with Crippen molar-refractivity contribution in [1.29, 1.82) is 0 Å². The van der Waals surface area contributed by atoms with Gasteiger partial charge in [0.15, 0.2) is 5.82 Å². The zero-order valence-corrected chi connectivity index (χ0v) is 11.7. The lowest BCUT2D eigenvalue weighted by Gasteiger charge is -2.30. The van der Waals surface area contributed by atoms with Gasteiger partial charge in [-0.1, -0.05) is 0 Å². The van der Waals surface area contributed by atoms with Gasteiger partial charge in [0.1, 0.15) is 0 Å². The maximum Gasteiger partial charge on any atom is 0.323 e. The van der Waals surface area contributed by atoms with Crippen molar-refractivity contribution in [3.63, 3.8) is 0 Å². The number of amides is 2. The Hall–Kier alpha value is -2.18. The van der Waals surface area contributed by atoms with Crippen LogP contribution in [0.1, 0.15) is 37.3 Å². The summed E-state index contributed by atoms with van der Waals surface area (Å²) in [6.45, 7) is 0.817. The number of carbonyl (C=O) groups excluding carboxylic acids is 1. The van der Waals surface area contributed by atoms with Crippen LogP contribution in [0.15, 0.2) is 12.1 Å². The monoisotopic (exact) mass is 290 g/mol. The first-order valence-electron chi connectivity index (χ1n) is 7.26. The van der Waals surface area contributed by atoms with E-state index in [9.17, 15) is 9.59 Å². The number of urea groups is 1. The fourth-order valence-corrected chi connectivity index (χ4v) is 2.56. The third kappa shape index (κ3) is 3.29. The average Bonchev–Trinajstić information content (AvgIpc) is 3.33. The molecule has 7 heteroatoms. The van der Waals surface area contributed by atoms with Gasteiger partial charge in [0.2, 0.25) is 0 Å². The van der Waals surface area contributed by atoms with Crippen LogP contribution in [-0.4, -0.2) is 45.3 Å². The van der Waals surface area contributed by atoms with Crippen LogP contribution >= 0.6 is 0 Å². The van der Waals surface area contributed by atoms with Crippen molar-refractivity contribution in [1.82, 2.24) is 15.1 Å².